The zero-order chi connectivity index (χ0) is 19.1. The van der Waals surface area contributed by atoms with Crippen molar-refractivity contribution < 1.29 is 18.1 Å². The molecular formula is C19H14ClF2N3O2. The molecule has 1 saturated heterocycles. The Hall–Kier alpha value is -2.80. The highest BCUT2D eigenvalue weighted by molar-refractivity contribution is 6.31. The molecule has 1 aromatic heterocycles. The number of halogens is 3. The van der Waals surface area contributed by atoms with E-state index in [4.69, 9.17) is 16.1 Å². The monoisotopic (exact) mass is 389 g/mol. The molecular weight excluding hydrogens is 376 g/mol. The fourth-order valence-corrected chi connectivity index (χ4v) is 3.31. The Bertz CT molecular complexity index is 1040. The third kappa shape index (κ3) is 3.30. The zero-order valence-electron chi connectivity index (χ0n) is 14.2. The van der Waals surface area contributed by atoms with E-state index < -0.39 is 11.6 Å². The number of aromatic nitrogens is 2. The van der Waals surface area contributed by atoms with Crippen molar-refractivity contribution in [1.29, 1.82) is 0 Å². The van der Waals surface area contributed by atoms with Crippen LogP contribution in [0.4, 0.5) is 14.5 Å². The molecule has 138 valence electrons. The second-order valence-electron chi connectivity index (χ2n) is 6.42. The average Bonchev–Trinajstić information content (AvgIpc) is 3.26. The molecule has 1 fully saturated rings. The standard InChI is InChI=1S/C19H14ClF2N3O2/c1-10-2-4-13(21)8-16(10)25-9-12(7-17(25)26)19-23-18(24-27-19)11-3-5-15(22)14(20)6-11/h2-6,8,12H,7,9H2,1H3. The van der Waals surface area contributed by atoms with Gasteiger partial charge in [0.05, 0.1) is 10.9 Å². The van der Waals surface area contributed by atoms with Gasteiger partial charge in [0.2, 0.25) is 17.6 Å². The van der Waals surface area contributed by atoms with Crippen LogP contribution >= 0.6 is 11.6 Å². The molecule has 0 bridgehead atoms. The molecule has 27 heavy (non-hydrogen) atoms. The number of benzene rings is 2. The van der Waals surface area contributed by atoms with Crippen molar-refractivity contribution in [3.05, 3.63) is 64.5 Å². The van der Waals surface area contributed by atoms with Crippen molar-refractivity contribution in [3.8, 4) is 11.4 Å². The molecule has 4 rings (SSSR count). The van der Waals surface area contributed by atoms with E-state index in [0.29, 0.717) is 23.7 Å². The van der Waals surface area contributed by atoms with E-state index in [2.05, 4.69) is 10.1 Å². The lowest BCUT2D eigenvalue weighted by atomic mass is 10.1. The first-order valence-corrected chi connectivity index (χ1v) is 8.65. The number of carbonyl (C=O) groups excluding carboxylic acids is 1. The number of hydrogen-bond acceptors (Lipinski definition) is 4. The van der Waals surface area contributed by atoms with E-state index in [0.717, 1.165) is 5.56 Å². The van der Waals surface area contributed by atoms with Gasteiger partial charge in [0.1, 0.15) is 11.6 Å². The van der Waals surface area contributed by atoms with Gasteiger partial charge in [0.15, 0.2) is 0 Å². The van der Waals surface area contributed by atoms with Crippen LogP contribution in [-0.4, -0.2) is 22.6 Å². The lowest BCUT2D eigenvalue weighted by molar-refractivity contribution is -0.117. The van der Waals surface area contributed by atoms with Crippen molar-refractivity contribution in [2.75, 3.05) is 11.4 Å². The summed E-state index contributed by atoms with van der Waals surface area (Å²) in [5, 5.41) is 3.86. The van der Waals surface area contributed by atoms with Gasteiger partial charge in [-0.05, 0) is 42.8 Å². The fraction of sp³-hybridized carbons (Fsp3) is 0.211. The van der Waals surface area contributed by atoms with Gasteiger partial charge in [-0.3, -0.25) is 4.79 Å². The van der Waals surface area contributed by atoms with Crippen molar-refractivity contribution in [2.45, 2.75) is 19.3 Å². The summed E-state index contributed by atoms with van der Waals surface area (Å²) in [5.41, 5.74) is 1.85. The number of carbonyl (C=O) groups is 1. The molecule has 8 heteroatoms. The lowest BCUT2D eigenvalue weighted by Gasteiger charge is -2.18. The highest BCUT2D eigenvalue weighted by Crippen LogP contribution is 2.34. The molecule has 0 aliphatic carbocycles. The maximum Gasteiger partial charge on any atom is 0.232 e. The number of aryl methyl sites for hydroxylation is 1. The Kier molecular flexibility index (Phi) is 4.39. The molecule has 0 N–H and O–H groups in total. The summed E-state index contributed by atoms with van der Waals surface area (Å²) in [6.45, 7) is 2.13. The van der Waals surface area contributed by atoms with Crippen molar-refractivity contribution in [2.24, 2.45) is 0 Å². The SMILES string of the molecule is Cc1ccc(F)cc1N1CC(c2nc(-c3ccc(F)c(Cl)c3)no2)CC1=O. The summed E-state index contributed by atoms with van der Waals surface area (Å²) in [4.78, 5) is 18.3. The second-order valence-corrected chi connectivity index (χ2v) is 6.83. The minimum absolute atomic E-state index is 0.0392. The van der Waals surface area contributed by atoms with Crippen LogP contribution in [0.5, 0.6) is 0 Å². The van der Waals surface area contributed by atoms with Crippen molar-refractivity contribution >= 4 is 23.2 Å². The summed E-state index contributed by atoms with van der Waals surface area (Å²) < 4.78 is 32.2. The third-order valence-electron chi connectivity index (χ3n) is 4.56. The Labute approximate surface area is 158 Å². The van der Waals surface area contributed by atoms with Gasteiger partial charge in [0, 0.05) is 24.2 Å². The third-order valence-corrected chi connectivity index (χ3v) is 4.85. The van der Waals surface area contributed by atoms with Crippen molar-refractivity contribution in [1.82, 2.24) is 10.1 Å². The van der Waals surface area contributed by atoms with E-state index in [-0.39, 0.29) is 29.1 Å². The minimum Gasteiger partial charge on any atom is -0.339 e. The number of anilines is 1. The predicted molar refractivity (Wildman–Crippen MR) is 95.6 cm³/mol. The van der Waals surface area contributed by atoms with Gasteiger partial charge >= 0.3 is 0 Å². The van der Waals surface area contributed by atoms with E-state index in [1.165, 1.54) is 35.2 Å². The van der Waals surface area contributed by atoms with Gasteiger partial charge < -0.3 is 9.42 Å². The highest BCUT2D eigenvalue weighted by atomic mass is 35.5. The Balaban J connectivity index is 1.58. The average molecular weight is 390 g/mol. The maximum atomic E-state index is 13.6. The van der Waals surface area contributed by atoms with Gasteiger partial charge in [0.25, 0.3) is 0 Å². The number of amides is 1. The molecule has 1 amide bonds. The smallest absolute Gasteiger partial charge is 0.232 e. The first kappa shape index (κ1) is 17.6. The quantitative estimate of drug-likeness (QED) is 0.662. The molecule has 1 unspecified atom stereocenters. The van der Waals surface area contributed by atoms with E-state index in [1.807, 2.05) is 6.92 Å². The fourth-order valence-electron chi connectivity index (χ4n) is 3.13. The van der Waals surface area contributed by atoms with Gasteiger partial charge in [-0.25, -0.2) is 8.78 Å². The highest BCUT2D eigenvalue weighted by Gasteiger charge is 2.36. The Morgan fingerprint density at radius 2 is 2.04 bits per heavy atom. The van der Waals surface area contributed by atoms with Crippen LogP contribution < -0.4 is 4.90 Å². The van der Waals surface area contributed by atoms with Gasteiger partial charge in [-0.1, -0.05) is 22.8 Å². The number of hydrogen-bond donors (Lipinski definition) is 0. The molecule has 1 aliphatic heterocycles. The topological polar surface area (TPSA) is 59.2 Å². The first-order chi connectivity index (χ1) is 12.9. The number of rotatable bonds is 3. The molecule has 1 atom stereocenters. The molecule has 2 heterocycles. The summed E-state index contributed by atoms with van der Waals surface area (Å²) in [6, 6.07) is 8.46. The minimum atomic E-state index is -0.536. The zero-order valence-corrected chi connectivity index (χ0v) is 15.0. The summed E-state index contributed by atoms with van der Waals surface area (Å²) in [7, 11) is 0. The molecule has 0 saturated carbocycles. The molecule has 1 aliphatic rings. The largest absolute Gasteiger partial charge is 0.339 e. The van der Waals surface area contributed by atoms with E-state index in [9.17, 15) is 13.6 Å². The summed E-state index contributed by atoms with van der Waals surface area (Å²) >= 11 is 5.79. The van der Waals surface area contributed by atoms with Crippen LogP contribution in [0, 0.1) is 18.6 Å². The predicted octanol–water partition coefficient (Wildman–Crippen LogP) is 4.50. The Morgan fingerprint density at radius 3 is 2.81 bits per heavy atom. The van der Waals surface area contributed by atoms with Gasteiger partial charge in [-0.15, -0.1) is 0 Å². The molecule has 2 aromatic carbocycles. The van der Waals surface area contributed by atoms with Crippen LogP contribution in [0.15, 0.2) is 40.9 Å². The maximum absolute atomic E-state index is 13.6. The Morgan fingerprint density at radius 1 is 1.22 bits per heavy atom. The van der Waals surface area contributed by atoms with E-state index >= 15 is 0 Å². The lowest BCUT2D eigenvalue weighted by Crippen LogP contribution is -2.25. The van der Waals surface area contributed by atoms with Crippen LogP contribution in [0.1, 0.15) is 23.8 Å². The van der Waals surface area contributed by atoms with Crippen LogP contribution in [0.25, 0.3) is 11.4 Å². The van der Waals surface area contributed by atoms with Gasteiger partial charge in [-0.2, -0.15) is 4.98 Å². The molecule has 0 spiro atoms. The normalized spacial score (nSPS) is 17.0. The second kappa shape index (κ2) is 6.74. The summed E-state index contributed by atoms with van der Waals surface area (Å²) in [6.07, 6.45) is 0.182. The molecule has 0 radical (unpaired) electrons. The van der Waals surface area contributed by atoms with E-state index in [1.54, 1.807) is 6.07 Å². The van der Waals surface area contributed by atoms with Crippen LogP contribution in [0.2, 0.25) is 5.02 Å². The molecule has 5 nitrogen and oxygen atoms in total. The van der Waals surface area contributed by atoms with Crippen LogP contribution in [-0.2, 0) is 4.79 Å². The van der Waals surface area contributed by atoms with Crippen molar-refractivity contribution in [3.63, 3.8) is 0 Å². The summed E-state index contributed by atoms with van der Waals surface area (Å²) in [5.74, 6) is -0.822. The van der Waals surface area contributed by atoms with Crippen LogP contribution in [0.3, 0.4) is 0 Å². The first-order valence-electron chi connectivity index (χ1n) is 8.28. The number of nitrogens with zero attached hydrogens (tertiary/aromatic N) is 3. The molecule has 3 aromatic rings.